The zero-order valence-electron chi connectivity index (χ0n) is 13.5. The highest BCUT2D eigenvalue weighted by atomic mass is 19.4. The predicted molar refractivity (Wildman–Crippen MR) is 81.8 cm³/mol. The van der Waals surface area contributed by atoms with Gasteiger partial charge in [-0.05, 0) is 18.2 Å². The van der Waals surface area contributed by atoms with Crippen LogP contribution in [0.5, 0.6) is 0 Å². The fraction of sp³-hybridized carbons (Fsp3) is 0.357. The normalized spacial score (nSPS) is 11.7. The smallest absolute Gasteiger partial charge is 0.416 e. The summed E-state index contributed by atoms with van der Waals surface area (Å²) in [6, 6.07) is 3.19. The number of aliphatic imine (C=N–C) groups is 1. The molecule has 132 valence electrons. The molecule has 10 heteroatoms. The Hall–Kier alpha value is -2.78. The Morgan fingerprint density at radius 3 is 2.33 bits per heavy atom. The number of anilines is 1. The second kappa shape index (κ2) is 7.66. The first-order valence-electron chi connectivity index (χ1n) is 6.62. The molecule has 0 aliphatic rings. The second-order valence-corrected chi connectivity index (χ2v) is 4.84. The molecular weight excluding hydrogens is 329 g/mol. The summed E-state index contributed by atoms with van der Waals surface area (Å²) in [5.41, 5.74) is -0.971. The minimum Gasteiger partial charge on any atom is -0.452 e. The van der Waals surface area contributed by atoms with Crippen LogP contribution in [0.3, 0.4) is 0 Å². The molecule has 0 saturated carbocycles. The second-order valence-electron chi connectivity index (χ2n) is 4.84. The van der Waals surface area contributed by atoms with E-state index in [0.717, 1.165) is 30.2 Å². The van der Waals surface area contributed by atoms with E-state index < -0.39 is 23.9 Å². The lowest BCUT2D eigenvalue weighted by Crippen LogP contribution is -2.42. The summed E-state index contributed by atoms with van der Waals surface area (Å²) < 4.78 is 42.5. The van der Waals surface area contributed by atoms with Crippen LogP contribution >= 0.6 is 0 Å². The number of amides is 3. The predicted octanol–water partition coefficient (Wildman–Crippen LogP) is 2.85. The van der Waals surface area contributed by atoms with E-state index in [9.17, 15) is 22.8 Å². The van der Waals surface area contributed by atoms with Crippen LogP contribution in [0.1, 0.15) is 5.56 Å². The molecular formula is C14H17F3N4O3. The van der Waals surface area contributed by atoms with Gasteiger partial charge in [-0.1, -0.05) is 6.07 Å². The molecule has 0 unspecified atom stereocenters. The monoisotopic (exact) mass is 346 g/mol. The molecule has 0 atom stereocenters. The maximum absolute atomic E-state index is 12.6. The van der Waals surface area contributed by atoms with Gasteiger partial charge >= 0.3 is 18.3 Å². The number of halogens is 3. The summed E-state index contributed by atoms with van der Waals surface area (Å²) in [6.07, 6.45) is -5.28. The molecule has 1 N–H and O–H groups in total. The summed E-state index contributed by atoms with van der Waals surface area (Å²) >= 11 is 0. The maximum atomic E-state index is 12.6. The van der Waals surface area contributed by atoms with Crippen molar-refractivity contribution in [3.05, 3.63) is 29.8 Å². The molecule has 3 amide bonds. The highest BCUT2D eigenvalue weighted by Crippen LogP contribution is 2.30. The van der Waals surface area contributed by atoms with Gasteiger partial charge in [0.15, 0.2) is 0 Å². The van der Waals surface area contributed by atoms with Crippen LogP contribution < -0.4 is 5.32 Å². The van der Waals surface area contributed by atoms with Crippen LogP contribution in [-0.2, 0) is 10.9 Å². The van der Waals surface area contributed by atoms with Crippen molar-refractivity contribution in [3.8, 4) is 0 Å². The Balaban J connectivity index is 2.99. The fourth-order valence-corrected chi connectivity index (χ4v) is 1.71. The molecule has 7 nitrogen and oxygen atoms in total. The summed E-state index contributed by atoms with van der Waals surface area (Å²) in [7, 11) is 5.57. The first kappa shape index (κ1) is 19.3. The molecule has 0 saturated heterocycles. The quantitative estimate of drug-likeness (QED) is 0.627. The van der Waals surface area contributed by atoms with Crippen molar-refractivity contribution < 1.29 is 27.5 Å². The summed E-state index contributed by atoms with van der Waals surface area (Å²) in [4.78, 5) is 29.4. The summed E-state index contributed by atoms with van der Waals surface area (Å²) in [5.74, 6) is -0.0497. The first-order chi connectivity index (χ1) is 11.1. The lowest BCUT2D eigenvalue weighted by atomic mass is 10.2. The van der Waals surface area contributed by atoms with Gasteiger partial charge < -0.3 is 15.0 Å². The van der Waals surface area contributed by atoms with Crippen molar-refractivity contribution in [2.75, 3.05) is 33.6 Å². The van der Waals surface area contributed by atoms with Gasteiger partial charge in [-0.2, -0.15) is 18.2 Å². The Morgan fingerprint density at radius 2 is 1.83 bits per heavy atom. The van der Waals surface area contributed by atoms with E-state index in [1.807, 2.05) is 0 Å². The van der Waals surface area contributed by atoms with Crippen molar-refractivity contribution in [1.29, 1.82) is 0 Å². The number of hydrogen-bond acceptors (Lipinski definition) is 3. The average Bonchev–Trinajstić information content (AvgIpc) is 2.50. The van der Waals surface area contributed by atoms with Crippen LogP contribution in [0.2, 0.25) is 0 Å². The number of alkyl halides is 3. The van der Waals surface area contributed by atoms with Gasteiger partial charge in [-0.15, -0.1) is 0 Å². The van der Waals surface area contributed by atoms with Crippen molar-refractivity contribution in [3.63, 3.8) is 0 Å². The van der Waals surface area contributed by atoms with E-state index in [4.69, 9.17) is 0 Å². The van der Waals surface area contributed by atoms with Gasteiger partial charge in [0.2, 0.25) is 5.96 Å². The van der Waals surface area contributed by atoms with Gasteiger partial charge in [-0.25, -0.2) is 9.59 Å². The highest BCUT2D eigenvalue weighted by Gasteiger charge is 2.30. The van der Waals surface area contributed by atoms with Crippen LogP contribution in [0.15, 0.2) is 29.3 Å². The van der Waals surface area contributed by atoms with E-state index in [2.05, 4.69) is 15.0 Å². The Kier molecular flexibility index (Phi) is 6.15. The molecule has 1 rings (SSSR count). The number of urea groups is 1. The molecule has 0 spiro atoms. The topological polar surface area (TPSA) is 74.2 Å². The van der Waals surface area contributed by atoms with Gasteiger partial charge in [0.1, 0.15) is 0 Å². The van der Waals surface area contributed by atoms with Crippen LogP contribution in [-0.4, -0.2) is 56.1 Å². The molecule has 24 heavy (non-hydrogen) atoms. The van der Waals surface area contributed by atoms with E-state index in [1.54, 1.807) is 0 Å². The van der Waals surface area contributed by atoms with Crippen molar-refractivity contribution in [1.82, 2.24) is 9.80 Å². The Bertz CT molecular complexity index is 644. The number of rotatable bonds is 1. The van der Waals surface area contributed by atoms with E-state index in [-0.39, 0.29) is 11.6 Å². The largest absolute Gasteiger partial charge is 0.452 e. The van der Waals surface area contributed by atoms with Gasteiger partial charge in [0.05, 0.1) is 12.7 Å². The third-order valence-corrected chi connectivity index (χ3v) is 2.79. The van der Waals surface area contributed by atoms with Crippen molar-refractivity contribution >= 4 is 23.8 Å². The van der Waals surface area contributed by atoms with E-state index in [0.29, 0.717) is 0 Å². The Labute approximate surface area is 136 Å². The number of hydrogen-bond donors (Lipinski definition) is 1. The summed E-state index contributed by atoms with van der Waals surface area (Å²) in [6.45, 7) is 0. The molecule has 0 aliphatic heterocycles. The number of carbonyl (C=O) groups excluding carboxylic acids is 2. The molecule has 0 bridgehead atoms. The van der Waals surface area contributed by atoms with Crippen LogP contribution in [0.25, 0.3) is 0 Å². The van der Waals surface area contributed by atoms with Crippen LogP contribution in [0.4, 0.5) is 28.4 Å². The van der Waals surface area contributed by atoms with Gasteiger partial charge in [-0.3, -0.25) is 4.90 Å². The lowest BCUT2D eigenvalue weighted by molar-refractivity contribution is -0.137. The maximum Gasteiger partial charge on any atom is 0.416 e. The SMILES string of the molecule is COC(=O)N(C)/C(=N/C(=O)Nc1cccc(C(F)(F)F)c1)N(C)C. The van der Waals surface area contributed by atoms with Gasteiger partial charge in [0.25, 0.3) is 0 Å². The molecule has 0 aromatic heterocycles. The van der Waals surface area contributed by atoms with Crippen LogP contribution in [0, 0.1) is 0 Å². The fourth-order valence-electron chi connectivity index (χ4n) is 1.71. The molecule has 1 aromatic carbocycles. The zero-order valence-corrected chi connectivity index (χ0v) is 13.5. The molecule has 0 radical (unpaired) electrons. The Morgan fingerprint density at radius 1 is 1.21 bits per heavy atom. The minimum absolute atomic E-state index is 0.0497. The number of nitrogens with zero attached hydrogens (tertiary/aromatic N) is 3. The molecule has 0 aliphatic carbocycles. The first-order valence-corrected chi connectivity index (χ1v) is 6.62. The number of methoxy groups -OCH3 is 1. The van der Waals surface area contributed by atoms with Gasteiger partial charge in [0, 0.05) is 26.8 Å². The molecule has 1 aromatic rings. The third kappa shape index (κ3) is 5.14. The number of ether oxygens (including phenoxy) is 1. The third-order valence-electron chi connectivity index (χ3n) is 2.79. The summed E-state index contributed by atoms with van der Waals surface area (Å²) in [5, 5.41) is 2.22. The highest BCUT2D eigenvalue weighted by molar-refractivity contribution is 6.03. The van der Waals surface area contributed by atoms with Crippen molar-refractivity contribution in [2.24, 2.45) is 4.99 Å². The average molecular weight is 346 g/mol. The minimum atomic E-state index is -4.52. The van der Waals surface area contributed by atoms with E-state index in [1.165, 1.54) is 32.1 Å². The molecule has 0 heterocycles. The number of carbonyl (C=O) groups is 2. The standard InChI is InChI=1S/C14H17F3N4O3/c1-20(2)12(21(3)13(23)24-4)19-11(22)18-10-7-5-6-9(8-10)14(15,16)17/h5-8H,1-4H3,(H,18,22)/b19-12+. The number of guanidine groups is 1. The van der Waals surface area contributed by atoms with E-state index >= 15 is 0 Å². The lowest BCUT2D eigenvalue weighted by Gasteiger charge is -2.23. The molecule has 0 fully saturated rings. The van der Waals surface area contributed by atoms with Crippen molar-refractivity contribution in [2.45, 2.75) is 6.18 Å². The zero-order chi connectivity index (χ0) is 18.5. The number of nitrogens with one attached hydrogen (secondary N) is 1. The number of benzene rings is 1.